The maximum absolute atomic E-state index is 13.7. The fourth-order valence-electron chi connectivity index (χ4n) is 3.00. The first kappa shape index (κ1) is 13.8. The van der Waals surface area contributed by atoms with Gasteiger partial charge in [0.1, 0.15) is 5.82 Å². The van der Waals surface area contributed by atoms with Gasteiger partial charge in [-0.3, -0.25) is 4.79 Å². The number of aromatic nitrogens is 2. The topological polar surface area (TPSA) is 60.9 Å². The number of Topliss-reactive ketones (excluding diaryl/α,β-unsaturated/α-hetero) is 1. The summed E-state index contributed by atoms with van der Waals surface area (Å²) in [5.41, 5.74) is 8.35. The molecular weight excluding hydrogens is 269 g/mol. The molecule has 5 heteroatoms. The molecule has 0 radical (unpaired) electrons. The van der Waals surface area contributed by atoms with Crippen LogP contribution >= 0.6 is 0 Å². The first-order chi connectivity index (χ1) is 9.78. The molecule has 21 heavy (non-hydrogen) atoms. The molecule has 0 unspecified atom stereocenters. The van der Waals surface area contributed by atoms with E-state index in [1.165, 1.54) is 12.1 Å². The van der Waals surface area contributed by atoms with Crippen molar-refractivity contribution in [3.05, 3.63) is 41.0 Å². The number of hydrogen-bond donors (Lipinski definition) is 1. The molecular formula is C16H18FN3O. The van der Waals surface area contributed by atoms with Crippen molar-refractivity contribution in [3.8, 4) is 5.69 Å². The average molecular weight is 287 g/mol. The normalized spacial score (nSPS) is 16.9. The number of anilines is 1. The third-order valence-corrected chi connectivity index (χ3v) is 3.95. The lowest BCUT2D eigenvalue weighted by molar-refractivity contribution is 0.0910. The van der Waals surface area contributed by atoms with E-state index in [9.17, 15) is 9.18 Å². The van der Waals surface area contributed by atoms with E-state index in [2.05, 4.69) is 18.9 Å². The number of hydrogen-bond acceptors (Lipinski definition) is 3. The molecule has 110 valence electrons. The van der Waals surface area contributed by atoms with Crippen LogP contribution in [-0.2, 0) is 6.42 Å². The molecule has 0 bridgehead atoms. The summed E-state index contributed by atoms with van der Waals surface area (Å²) < 4.78 is 15.4. The van der Waals surface area contributed by atoms with Crippen LogP contribution in [0.1, 0.15) is 42.0 Å². The molecule has 0 saturated carbocycles. The number of nitrogens with zero attached hydrogens (tertiary/aromatic N) is 2. The molecule has 2 N–H and O–H groups in total. The highest BCUT2D eigenvalue weighted by Gasteiger charge is 2.35. The fourth-order valence-corrected chi connectivity index (χ4v) is 3.00. The summed E-state index contributed by atoms with van der Waals surface area (Å²) in [5, 5.41) is 4.44. The molecule has 0 atom stereocenters. The van der Waals surface area contributed by atoms with Crippen molar-refractivity contribution in [1.29, 1.82) is 0 Å². The van der Waals surface area contributed by atoms with Gasteiger partial charge in [0.05, 0.1) is 28.3 Å². The third-order valence-electron chi connectivity index (χ3n) is 3.95. The molecule has 0 aliphatic heterocycles. The zero-order valence-corrected chi connectivity index (χ0v) is 12.4. The molecule has 1 heterocycles. The molecule has 0 fully saturated rings. The molecule has 4 nitrogen and oxygen atoms in total. The number of benzene rings is 1. The Kier molecular flexibility index (Phi) is 2.90. The Labute approximate surface area is 122 Å². The van der Waals surface area contributed by atoms with Gasteiger partial charge in [0.2, 0.25) is 0 Å². The number of nitrogen functional groups attached to an aromatic ring is 1. The van der Waals surface area contributed by atoms with E-state index >= 15 is 0 Å². The zero-order chi connectivity index (χ0) is 15.4. The van der Waals surface area contributed by atoms with Crippen LogP contribution < -0.4 is 5.73 Å². The van der Waals surface area contributed by atoms with Gasteiger partial charge in [-0.25, -0.2) is 9.07 Å². The smallest absolute Gasteiger partial charge is 0.167 e. The highest BCUT2D eigenvalue weighted by molar-refractivity contribution is 5.99. The van der Waals surface area contributed by atoms with Crippen molar-refractivity contribution in [1.82, 2.24) is 9.78 Å². The molecule has 0 amide bonds. The van der Waals surface area contributed by atoms with Crippen molar-refractivity contribution in [2.75, 3.05) is 5.73 Å². The van der Waals surface area contributed by atoms with Gasteiger partial charge in [-0.2, -0.15) is 5.10 Å². The SMILES string of the molecule is Cc1nn(-c2ccc(N)c(F)c2)c2c1C(=O)CC(C)(C)C2. The second-order valence-electron chi connectivity index (χ2n) is 6.47. The summed E-state index contributed by atoms with van der Waals surface area (Å²) in [7, 11) is 0. The lowest BCUT2D eigenvalue weighted by atomic mass is 9.75. The average Bonchev–Trinajstić information content (AvgIpc) is 2.68. The lowest BCUT2D eigenvalue weighted by Crippen LogP contribution is -2.28. The molecule has 0 saturated heterocycles. The molecule has 0 spiro atoms. The molecule has 3 rings (SSSR count). The standard InChI is InChI=1S/C16H18FN3O/c1-9-15-13(7-16(2,3)8-14(15)21)20(19-9)10-4-5-12(18)11(17)6-10/h4-6H,7-8,18H2,1-3H3. The number of aryl methyl sites for hydroxylation is 1. The van der Waals surface area contributed by atoms with Crippen LogP contribution in [0.4, 0.5) is 10.1 Å². The molecule has 1 aliphatic carbocycles. The predicted octanol–water partition coefficient (Wildman–Crippen LogP) is 3.06. The van der Waals surface area contributed by atoms with Crippen LogP contribution in [0.2, 0.25) is 0 Å². The second kappa shape index (κ2) is 4.41. The van der Waals surface area contributed by atoms with Crippen LogP contribution in [0.3, 0.4) is 0 Å². The second-order valence-corrected chi connectivity index (χ2v) is 6.47. The lowest BCUT2D eigenvalue weighted by Gasteiger charge is -2.29. The van der Waals surface area contributed by atoms with E-state index in [4.69, 9.17) is 5.73 Å². The monoisotopic (exact) mass is 287 g/mol. The summed E-state index contributed by atoms with van der Waals surface area (Å²) in [6.07, 6.45) is 1.25. The number of rotatable bonds is 1. The van der Waals surface area contributed by atoms with Crippen molar-refractivity contribution in [3.63, 3.8) is 0 Å². The Hall–Kier alpha value is -2.17. The van der Waals surface area contributed by atoms with Crippen LogP contribution in [0, 0.1) is 18.2 Å². The van der Waals surface area contributed by atoms with Gasteiger partial charge >= 0.3 is 0 Å². The highest BCUT2D eigenvalue weighted by atomic mass is 19.1. The summed E-state index contributed by atoms with van der Waals surface area (Å²) >= 11 is 0. The van der Waals surface area contributed by atoms with Crippen molar-refractivity contribution >= 4 is 11.5 Å². The minimum Gasteiger partial charge on any atom is -0.396 e. The molecule has 1 aromatic carbocycles. The van der Waals surface area contributed by atoms with Crippen LogP contribution in [-0.4, -0.2) is 15.6 Å². The van der Waals surface area contributed by atoms with Crippen LogP contribution in [0.25, 0.3) is 5.69 Å². The molecule has 1 aliphatic rings. The third kappa shape index (κ3) is 2.22. The Morgan fingerprint density at radius 1 is 1.33 bits per heavy atom. The zero-order valence-electron chi connectivity index (χ0n) is 12.4. The highest BCUT2D eigenvalue weighted by Crippen LogP contribution is 2.37. The quantitative estimate of drug-likeness (QED) is 0.820. The van der Waals surface area contributed by atoms with Gasteiger partial charge in [-0.1, -0.05) is 13.8 Å². The summed E-state index contributed by atoms with van der Waals surface area (Å²) in [5.74, 6) is -0.364. The largest absolute Gasteiger partial charge is 0.396 e. The van der Waals surface area contributed by atoms with E-state index in [1.807, 2.05) is 6.92 Å². The Morgan fingerprint density at radius 2 is 2.05 bits per heavy atom. The predicted molar refractivity (Wildman–Crippen MR) is 79.1 cm³/mol. The van der Waals surface area contributed by atoms with Crippen molar-refractivity contribution in [2.24, 2.45) is 5.41 Å². The maximum Gasteiger partial charge on any atom is 0.167 e. The number of halogens is 1. The summed E-state index contributed by atoms with van der Waals surface area (Å²) in [6, 6.07) is 4.59. The Balaban J connectivity index is 2.19. The fraction of sp³-hybridized carbons (Fsp3) is 0.375. The maximum atomic E-state index is 13.7. The van der Waals surface area contributed by atoms with E-state index in [-0.39, 0.29) is 16.9 Å². The first-order valence-corrected chi connectivity index (χ1v) is 6.95. The summed E-state index contributed by atoms with van der Waals surface area (Å²) in [6.45, 7) is 5.94. The number of ketones is 1. The van der Waals surface area contributed by atoms with Crippen LogP contribution in [0.15, 0.2) is 18.2 Å². The van der Waals surface area contributed by atoms with E-state index in [0.717, 1.165) is 12.1 Å². The number of carbonyl (C=O) groups is 1. The Morgan fingerprint density at radius 3 is 2.71 bits per heavy atom. The van der Waals surface area contributed by atoms with Gasteiger partial charge in [0, 0.05) is 12.5 Å². The molecule has 1 aromatic heterocycles. The first-order valence-electron chi connectivity index (χ1n) is 6.95. The number of carbonyl (C=O) groups excluding carboxylic acids is 1. The minimum absolute atomic E-state index is 0.105. The van der Waals surface area contributed by atoms with Gasteiger partial charge in [0.25, 0.3) is 0 Å². The van der Waals surface area contributed by atoms with Gasteiger partial charge in [-0.05, 0) is 30.9 Å². The van der Waals surface area contributed by atoms with Gasteiger partial charge in [0.15, 0.2) is 5.78 Å². The van der Waals surface area contributed by atoms with E-state index in [0.29, 0.717) is 23.4 Å². The number of fused-ring (bicyclic) bond motifs is 1. The Bertz CT molecular complexity index is 746. The number of nitrogens with two attached hydrogens (primary N) is 1. The van der Waals surface area contributed by atoms with Gasteiger partial charge < -0.3 is 5.73 Å². The molecule has 2 aromatic rings. The van der Waals surface area contributed by atoms with Gasteiger partial charge in [-0.15, -0.1) is 0 Å². The van der Waals surface area contributed by atoms with E-state index in [1.54, 1.807) is 10.7 Å². The van der Waals surface area contributed by atoms with Crippen molar-refractivity contribution < 1.29 is 9.18 Å². The van der Waals surface area contributed by atoms with E-state index < -0.39 is 5.82 Å². The van der Waals surface area contributed by atoms with Crippen LogP contribution in [0.5, 0.6) is 0 Å². The summed E-state index contributed by atoms with van der Waals surface area (Å²) in [4.78, 5) is 12.3. The minimum atomic E-state index is -0.476. The van der Waals surface area contributed by atoms with Crippen molar-refractivity contribution in [2.45, 2.75) is 33.6 Å².